The summed E-state index contributed by atoms with van der Waals surface area (Å²) < 4.78 is 0. The minimum absolute atomic E-state index is 0.204. The lowest BCUT2D eigenvalue weighted by atomic mass is 10.1. The highest BCUT2D eigenvalue weighted by molar-refractivity contribution is 5.59. The van der Waals surface area contributed by atoms with E-state index in [0.29, 0.717) is 0 Å². The van der Waals surface area contributed by atoms with Gasteiger partial charge in [0.05, 0.1) is 18.9 Å². The van der Waals surface area contributed by atoms with Crippen LogP contribution in [0.4, 0.5) is 0 Å². The third kappa shape index (κ3) is 3.04. The molecule has 0 saturated carbocycles. The molecule has 3 aromatic rings. The Bertz CT molecular complexity index is 813. The van der Waals surface area contributed by atoms with Crippen LogP contribution in [0.5, 0.6) is 0 Å². The van der Waals surface area contributed by atoms with Gasteiger partial charge in [-0.05, 0) is 5.56 Å². The fourth-order valence-electron chi connectivity index (χ4n) is 2.93. The van der Waals surface area contributed by atoms with Gasteiger partial charge in [0, 0.05) is 30.1 Å². The van der Waals surface area contributed by atoms with Gasteiger partial charge in [-0.15, -0.1) is 0 Å². The van der Waals surface area contributed by atoms with E-state index in [1.165, 1.54) is 5.56 Å². The number of nitrogens with zero attached hydrogens (tertiary/aromatic N) is 4. The van der Waals surface area contributed by atoms with Crippen LogP contribution in [0.3, 0.4) is 0 Å². The summed E-state index contributed by atoms with van der Waals surface area (Å²) in [5.74, 6) is 0.757. The Morgan fingerprint density at radius 1 is 0.875 bits per heavy atom. The Balaban J connectivity index is 1.53. The molecule has 1 atom stereocenters. The van der Waals surface area contributed by atoms with Gasteiger partial charge >= 0.3 is 0 Å². The highest BCUT2D eigenvalue weighted by Crippen LogP contribution is 2.25. The predicted molar refractivity (Wildman–Crippen MR) is 95.6 cm³/mol. The first-order valence-electron chi connectivity index (χ1n) is 8.07. The van der Waals surface area contributed by atoms with E-state index in [1.54, 1.807) is 0 Å². The molecule has 0 amide bonds. The van der Waals surface area contributed by atoms with Crippen molar-refractivity contribution >= 4 is 6.34 Å². The zero-order valence-corrected chi connectivity index (χ0v) is 13.3. The number of aliphatic imine (C=N–C) groups is 1. The van der Waals surface area contributed by atoms with E-state index in [-0.39, 0.29) is 6.04 Å². The molecule has 0 aliphatic carbocycles. The second-order valence-electron chi connectivity index (χ2n) is 5.86. The minimum atomic E-state index is 0.204. The minimum Gasteiger partial charge on any atom is -0.350 e. The van der Waals surface area contributed by atoms with Crippen LogP contribution < -0.4 is 0 Å². The first-order chi connectivity index (χ1) is 11.9. The Hall–Kier alpha value is -3.01. The third-order valence-electron chi connectivity index (χ3n) is 4.21. The summed E-state index contributed by atoms with van der Waals surface area (Å²) in [7, 11) is 0. The van der Waals surface area contributed by atoms with Gasteiger partial charge in [-0.3, -0.25) is 4.99 Å². The van der Waals surface area contributed by atoms with Crippen LogP contribution in [0.1, 0.15) is 17.2 Å². The Morgan fingerprint density at radius 3 is 2.25 bits per heavy atom. The van der Waals surface area contributed by atoms with Gasteiger partial charge in [0.1, 0.15) is 0 Å². The van der Waals surface area contributed by atoms with Gasteiger partial charge in [-0.2, -0.15) is 0 Å². The fourth-order valence-corrected chi connectivity index (χ4v) is 2.93. The summed E-state index contributed by atoms with van der Waals surface area (Å²) in [6, 6.07) is 20.7. The predicted octanol–water partition coefficient (Wildman–Crippen LogP) is 3.73. The Kier molecular flexibility index (Phi) is 4.02. The number of hydrogen-bond donors (Lipinski definition) is 0. The molecule has 4 heteroatoms. The van der Waals surface area contributed by atoms with E-state index < -0.39 is 0 Å². The SMILES string of the molecule is C1=NCC(c2cnc(-c3ccccc3)nc2)N1Cc1ccccc1. The lowest BCUT2D eigenvalue weighted by molar-refractivity contribution is 0.350. The van der Waals surface area contributed by atoms with Crippen molar-refractivity contribution in [2.75, 3.05) is 6.54 Å². The van der Waals surface area contributed by atoms with Crippen molar-refractivity contribution < 1.29 is 0 Å². The molecule has 24 heavy (non-hydrogen) atoms. The molecule has 0 radical (unpaired) electrons. The van der Waals surface area contributed by atoms with Gasteiger partial charge in [0.15, 0.2) is 5.82 Å². The second-order valence-corrected chi connectivity index (χ2v) is 5.86. The van der Waals surface area contributed by atoms with Gasteiger partial charge in [-0.25, -0.2) is 9.97 Å². The molecule has 1 unspecified atom stereocenters. The van der Waals surface area contributed by atoms with Crippen molar-refractivity contribution in [2.45, 2.75) is 12.6 Å². The van der Waals surface area contributed by atoms with Gasteiger partial charge < -0.3 is 4.90 Å². The number of aromatic nitrogens is 2. The molecule has 0 bridgehead atoms. The maximum Gasteiger partial charge on any atom is 0.159 e. The maximum atomic E-state index is 4.54. The van der Waals surface area contributed by atoms with Gasteiger partial charge in [0.2, 0.25) is 0 Å². The van der Waals surface area contributed by atoms with Crippen LogP contribution >= 0.6 is 0 Å². The summed E-state index contributed by atoms with van der Waals surface area (Å²) >= 11 is 0. The first kappa shape index (κ1) is 14.6. The molecular weight excluding hydrogens is 296 g/mol. The first-order valence-corrected chi connectivity index (χ1v) is 8.07. The standard InChI is InChI=1S/C20H18N4/c1-3-7-16(8-4-1)14-24-15-21-13-19(24)18-11-22-20(23-12-18)17-9-5-2-6-10-17/h1-12,15,19H,13-14H2. The van der Waals surface area contributed by atoms with E-state index in [0.717, 1.165) is 30.0 Å². The van der Waals surface area contributed by atoms with E-state index >= 15 is 0 Å². The Labute approximate surface area is 141 Å². The van der Waals surface area contributed by atoms with E-state index in [2.05, 4.69) is 44.1 Å². The molecule has 2 heterocycles. The van der Waals surface area contributed by atoms with Crippen molar-refractivity contribution in [1.29, 1.82) is 0 Å². The summed E-state index contributed by atoms with van der Waals surface area (Å²) in [6.07, 6.45) is 5.78. The van der Waals surface area contributed by atoms with Crippen LogP contribution in [-0.4, -0.2) is 27.8 Å². The smallest absolute Gasteiger partial charge is 0.159 e. The molecule has 1 aromatic heterocycles. The molecular formula is C20H18N4. The van der Waals surface area contributed by atoms with Gasteiger partial charge in [0.25, 0.3) is 0 Å². The largest absolute Gasteiger partial charge is 0.350 e. The van der Waals surface area contributed by atoms with Gasteiger partial charge in [-0.1, -0.05) is 60.7 Å². The average Bonchev–Trinajstić information content (AvgIpc) is 3.11. The van der Waals surface area contributed by atoms with Crippen LogP contribution in [0.25, 0.3) is 11.4 Å². The van der Waals surface area contributed by atoms with E-state index in [1.807, 2.05) is 55.1 Å². The highest BCUT2D eigenvalue weighted by atomic mass is 15.2. The molecule has 0 spiro atoms. The zero-order chi connectivity index (χ0) is 16.2. The molecule has 1 aliphatic rings. The normalized spacial score (nSPS) is 16.5. The molecule has 2 aromatic carbocycles. The second kappa shape index (κ2) is 6.62. The number of hydrogen-bond acceptors (Lipinski definition) is 4. The van der Waals surface area contributed by atoms with Crippen LogP contribution in [0.2, 0.25) is 0 Å². The lowest BCUT2D eigenvalue weighted by Crippen LogP contribution is -2.24. The molecule has 4 nitrogen and oxygen atoms in total. The molecule has 0 N–H and O–H groups in total. The van der Waals surface area contributed by atoms with Crippen molar-refractivity contribution in [3.8, 4) is 11.4 Å². The van der Waals surface area contributed by atoms with Crippen molar-refractivity contribution in [1.82, 2.24) is 14.9 Å². The third-order valence-corrected chi connectivity index (χ3v) is 4.21. The van der Waals surface area contributed by atoms with Crippen molar-refractivity contribution in [3.05, 3.63) is 84.2 Å². The summed E-state index contributed by atoms with van der Waals surface area (Å²) in [5.41, 5.74) is 3.41. The lowest BCUT2D eigenvalue weighted by Gasteiger charge is -2.24. The monoisotopic (exact) mass is 314 g/mol. The van der Waals surface area contributed by atoms with Crippen LogP contribution in [-0.2, 0) is 6.54 Å². The van der Waals surface area contributed by atoms with E-state index in [4.69, 9.17) is 0 Å². The maximum absolute atomic E-state index is 4.54. The topological polar surface area (TPSA) is 41.4 Å². The molecule has 118 valence electrons. The Morgan fingerprint density at radius 2 is 1.54 bits per heavy atom. The van der Waals surface area contributed by atoms with Crippen LogP contribution in [0, 0.1) is 0 Å². The number of rotatable bonds is 4. The summed E-state index contributed by atoms with van der Waals surface area (Å²) in [4.78, 5) is 15.8. The average molecular weight is 314 g/mol. The molecule has 1 aliphatic heterocycles. The van der Waals surface area contributed by atoms with Crippen molar-refractivity contribution in [3.63, 3.8) is 0 Å². The number of benzene rings is 2. The quantitative estimate of drug-likeness (QED) is 0.737. The molecule has 0 saturated heterocycles. The zero-order valence-electron chi connectivity index (χ0n) is 13.3. The van der Waals surface area contributed by atoms with Crippen molar-refractivity contribution in [2.24, 2.45) is 4.99 Å². The summed E-state index contributed by atoms with van der Waals surface area (Å²) in [6.45, 7) is 1.59. The van der Waals surface area contributed by atoms with Crippen LogP contribution in [0.15, 0.2) is 78.0 Å². The van der Waals surface area contributed by atoms with E-state index in [9.17, 15) is 0 Å². The highest BCUT2D eigenvalue weighted by Gasteiger charge is 2.23. The molecule has 4 rings (SSSR count). The summed E-state index contributed by atoms with van der Waals surface area (Å²) in [5, 5.41) is 0. The molecule has 0 fully saturated rings. The fraction of sp³-hybridized carbons (Fsp3) is 0.150.